The smallest absolute Gasteiger partial charge is 0.225 e. The summed E-state index contributed by atoms with van der Waals surface area (Å²) < 4.78 is 11.0. The Morgan fingerprint density at radius 3 is 2.81 bits per heavy atom. The molecular weight excluding hydrogens is 208 g/mol. The van der Waals surface area contributed by atoms with Gasteiger partial charge in [-0.25, -0.2) is 0 Å². The lowest BCUT2D eigenvalue weighted by Crippen LogP contribution is -2.38. The van der Waals surface area contributed by atoms with Crippen LogP contribution in [0, 0.1) is 0 Å². The maximum Gasteiger partial charge on any atom is 0.225 e. The van der Waals surface area contributed by atoms with Crippen LogP contribution in [0.2, 0.25) is 0 Å². The zero-order chi connectivity index (χ0) is 11.4. The fourth-order valence-corrected chi connectivity index (χ4v) is 2.11. The molecule has 92 valence electrons. The van der Waals surface area contributed by atoms with Gasteiger partial charge in [-0.1, -0.05) is 0 Å². The summed E-state index contributed by atoms with van der Waals surface area (Å²) in [7, 11) is 1.83. The van der Waals surface area contributed by atoms with Crippen molar-refractivity contribution in [2.75, 3.05) is 53.0 Å². The molecule has 0 aromatic heterocycles. The van der Waals surface area contributed by atoms with E-state index in [1.165, 1.54) is 0 Å². The topological polar surface area (TPSA) is 42.0 Å². The molecule has 0 N–H and O–H groups in total. The molecule has 0 bridgehead atoms. The van der Waals surface area contributed by atoms with Gasteiger partial charge < -0.3 is 14.4 Å². The van der Waals surface area contributed by atoms with Crippen LogP contribution >= 0.6 is 0 Å². The highest BCUT2D eigenvalue weighted by molar-refractivity contribution is 5.78. The Bertz CT molecular complexity index is 241. The molecule has 16 heavy (non-hydrogen) atoms. The Labute approximate surface area is 96.3 Å². The van der Waals surface area contributed by atoms with E-state index in [0.717, 1.165) is 39.4 Å². The van der Waals surface area contributed by atoms with Crippen molar-refractivity contribution in [3.8, 4) is 0 Å². The molecule has 2 aliphatic heterocycles. The average molecular weight is 228 g/mol. The molecule has 2 heterocycles. The van der Waals surface area contributed by atoms with Gasteiger partial charge in [-0.15, -0.1) is 0 Å². The van der Waals surface area contributed by atoms with Crippen molar-refractivity contribution in [2.45, 2.75) is 12.5 Å². The third kappa shape index (κ3) is 3.17. The van der Waals surface area contributed by atoms with Gasteiger partial charge in [-0.3, -0.25) is 9.69 Å². The molecule has 1 atom stereocenters. The number of amides is 1. The summed E-state index contributed by atoms with van der Waals surface area (Å²) in [5.41, 5.74) is 0. The van der Waals surface area contributed by atoms with Crippen LogP contribution in [0.3, 0.4) is 0 Å². The van der Waals surface area contributed by atoms with Gasteiger partial charge in [0.05, 0.1) is 32.3 Å². The summed E-state index contributed by atoms with van der Waals surface area (Å²) in [6, 6.07) is 0. The minimum absolute atomic E-state index is 0.0959. The van der Waals surface area contributed by atoms with Gasteiger partial charge in [0.2, 0.25) is 5.91 Å². The molecule has 2 fully saturated rings. The number of morpholine rings is 1. The molecule has 1 unspecified atom stereocenters. The van der Waals surface area contributed by atoms with E-state index in [1.807, 2.05) is 7.05 Å². The first-order valence-electron chi connectivity index (χ1n) is 5.91. The van der Waals surface area contributed by atoms with Crippen molar-refractivity contribution in [1.29, 1.82) is 0 Å². The lowest BCUT2D eigenvalue weighted by molar-refractivity contribution is -0.126. The minimum atomic E-state index is 0.0959. The van der Waals surface area contributed by atoms with Crippen molar-refractivity contribution in [1.82, 2.24) is 9.80 Å². The van der Waals surface area contributed by atoms with Crippen molar-refractivity contribution in [3.05, 3.63) is 0 Å². The second kappa shape index (κ2) is 5.61. The van der Waals surface area contributed by atoms with Crippen LogP contribution < -0.4 is 0 Å². The van der Waals surface area contributed by atoms with Crippen molar-refractivity contribution < 1.29 is 14.3 Å². The highest BCUT2D eigenvalue weighted by Gasteiger charge is 2.27. The van der Waals surface area contributed by atoms with Gasteiger partial charge in [-0.05, 0) is 0 Å². The third-order valence-corrected chi connectivity index (χ3v) is 3.17. The summed E-state index contributed by atoms with van der Waals surface area (Å²) in [5, 5.41) is 0. The molecule has 2 saturated heterocycles. The molecule has 5 heteroatoms. The largest absolute Gasteiger partial charge is 0.379 e. The standard InChI is InChI=1S/C11H20N2O3/c1-12-9-10(8-11(12)14)16-7-4-13-2-5-15-6-3-13/h10H,2-9H2,1H3. The number of likely N-dealkylation sites (tertiary alicyclic amines) is 1. The Morgan fingerprint density at radius 1 is 1.44 bits per heavy atom. The second-order valence-electron chi connectivity index (χ2n) is 4.43. The molecule has 1 amide bonds. The summed E-state index contributed by atoms with van der Waals surface area (Å²) >= 11 is 0. The van der Waals surface area contributed by atoms with Gasteiger partial charge in [0.1, 0.15) is 0 Å². The zero-order valence-corrected chi connectivity index (χ0v) is 9.85. The van der Waals surface area contributed by atoms with Crippen molar-refractivity contribution in [3.63, 3.8) is 0 Å². The molecule has 0 aromatic carbocycles. The van der Waals surface area contributed by atoms with Crippen LogP contribution in [0.5, 0.6) is 0 Å². The average Bonchev–Trinajstić information content (AvgIpc) is 2.60. The van der Waals surface area contributed by atoms with Gasteiger partial charge in [0.25, 0.3) is 0 Å². The van der Waals surface area contributed by atoms with Crippen LogP contribution in [0.1, 0.15) is 6.42 Å². The Balaban J connectivity index is 1.59. The number of hydrogen-bond acceptors (Lipinski definition) is 4. The number of carbonyl (C=O) groups excluding carboxylic acids is 1. The van der Waals surface area contributed by atoms with E-state index in [9.17, 15) is 4.79 Å². The van der Waals surface area contributed by atoms with E-state index >= 15 is 0 Å². The predicted molar refractivity (Wildman–Crippen MR) is 59.3 cm³/mol. The molecule has 0 saturated carbocycles. The highest BCUT2D eigenvalue weighted by Crippen LogP contribution is 2.12. The number of carbonyl (C=O) groups is 1. The fourth-order valence-electron chi connectivity index (χ4n) is 2.11. The second-order valence-corrected chi connectivity index (χ2v) is 4.43. The van der Waals surface area contributed by atoms with Crippen LogP contribution in [-0.2, 0) is 14.3 Å². The quantitative estimate of drug-likeness (QED) is 0.654. The summed E-state index contributed by atoms with van der Waals surface area (Å²) in [6.07, 6.45) is 0.637. The lowest BCUT2D eigenvalue weighted by atomic mass is 10.3. The number of likely N-dealkylation sites (N-methyl/N-ethyl adjacent to an activating group) is 1. The highest BCUT2D eigenvalue weighted by atomic mass is 16.5. The number of hydrogen-bond donors (Lipinski definition) is 0. The fraction of sp³-hybridized carbons (Fsp3) is 0.909. The van der Waals surface area contributed by atoms with Crippen molar-refractivity contribution in [2.24, 2.45) is 0 Å². The van der Waals surface area contributed by atoms with E-state index in [2.05, 4.69) is 4.90 Å². The molecule has 5 nitrogen and oxygen atoms in total. The van der Waals surface area contributed by atoms with E-state index in [0.29, 0.717) is 13.0 Å². The maximum absolute atomic E-state index is 11.3. The minimum Gasteiger partial charge on any atom is -0.379 e. The zero-order valence-electron chi connectivity index (χ0n) is 9.85. The predicted octanol–water partition coefficient (Wildman–Crippen LogP) is -0.434. The monoisotopic (exact) mass is 228 g/mol. The van der Waals surface area contributed by atoms with Gasteiger partial charge >= 0.3 is 0 Å². The Hall–Kier alpha value is -0.650. The first-order chi connectivity index (χ1) is 7.75. The molecule has 2 aliphatic rings. The SMILES string of the molecule is CN1CC(OCCN2CCOCC2)CC1=O. The van der Waals surface area contributed by atoms with E-state index in [-0.39, 0.29) is 12.0 Å². The Kier molecular flexibility index (Phi) is 4.15. The van der Waals surface area contributed by atoms with Gasteiger partial charge in [0.15, 0.2) is 0 Å². The first kappa shape index (κ1) is 11.8. The van der Waals surface area contributed by atoms with Crippen LogP contribution in [0.15, 0.2) is 0 Å². The third-order valence-electron chi connectivity index (χ3n) is 3.17. The molecule has 0 spiro atoms. The van der Waals surface area contributed by atoms with E-state index in [4.69, 9.17) is 9.47 Å². The summed E-state index contributed by atoms with van der Waals surface area (Å²) in [4.78, 5) is 15.3. The van der Waals surface area contributed by atoms with Gasteiger partial charge in [-0.2, -0.15) is 0 Å². The maximum atomic E-state index is 11.3. The van der Waals surface area contributed by atoms with Gasteiger partial charge in [0, 0.05) is 33.2 Å². The molecule has 0 radical (unpaired) electrons. The number of rotatable bonds is 4. The molecule has 0 aromatic rings. The summed E-state index contributed by atoms with van der Waals surface area (Å²) in [5.74, 6) is 0.191. The summed E-state index contributed by atoms with van der Waals surface area (Å²) in [6.45, 7) is 6.03. The first-order valence-corrected chi connectivity index (χ1v) is 5.91. The number of ether oxygens (including phenoxy) is 2. The molecular formula is C11H20N2O3. The Morgan fingerprint density at radius 2 is 2.19 bits per heavy atom. The van der Waals surface area contributed by atoms with Crippen LogP contribution in [-0.4, -0.2) is 74.9 Å². The molecule has 0 aliphatic carbocycles. The van der Waals surface area contributed by atoms with Crippen LogP contribution in [0.4, 0.5) is 0 Å². The molecule has 2 rings (SSSR count). The van der Waals surface area contributed by atoms with E-state index in [1.54, 1.807) is 4.90 Å². The number of nitrogens with zero attached hydrogens (tertiary/aromatic N) is 2. The van der Waals surface area contributed by atoms with Crippen LogP contribution in [0.25, 0.3) is 0 Å². The van der Waals surface area contributed by atoms with E-state index < -0.39 is 0 Å². The normalized spacial score (nSPS) is 27.7. The lowest BCUT2D eigenvalue weighted by Gasteiger charge is -2.26. The van der Waals surface area contributed by atoms with Crippen molar-refractivity contribution >= 4 is 5.91 Å².